The van der Waals surface area contributed by atoms with Gasteiger partial charge in [-0.15, -0.1) is 0 Å². The van der Waals surface area contributed by atoms with Crippen molar-refractivity contribution >= 4 is 22.9 Å². The first-order valence-corrected chi connectivity index (χ1v) is 11.4. The lowest BCUT2D eigenvalue weighted by Gasteiger charge is -2.35. The molecule has 2 amide bonds. The van der Waals surface area contributed by atoms with Gasteiger partial charge in [0, 0.05) is 32.1 Å². The maximum absolute atomic E-state index is 13.7. The number of aromatic nitrogens is 1. The first kappa shape index (κ1) is 22.8. The maximum atomic E-state index is 13.7. The van der Waals surface area contributed by atoms with Crippen LogP contribution in [-0.4, -0.2) is 59.1 Å². The number of likely N-dealkylation sites (tertiary alicyclic amines) is 1. The highest BCUT2D eigenvalue weighted by Crippen LogP contribution is 2.28. The van der Waals surface area contributed by atoms with Crippen molar-refractivity contribution in [2.24, 2.45) is 5.92 Å². The Labute approximate surface area is 194 Å². The molecular formula is C26H31N3O4. The molecule has 0 bridgehead atoms. The highest BCUT2D eigenvalue weighted by Gasteiger charge is 2.29. The summed E-state index contributed by atoms with van der Waals surface area (Å²) < 4.78 is 11.0. The molecule has 0 aliphatic carbocycles. The number of hydrogen-bond donors (Lipinski definition) is 0. The number of ether oxygens (including phenoxy) is 1. The van der Waals surface area contributed by atoms with Gasteiger partial charge in [-0.25, -0.2) is 9.78 Å². The van der Waals surface area contributed by atoms with E-state index >= 15 is 0 Å². The van der Waals surface area contributed by atoms with Gasteiger partial charge in [0.1, 0.15) is 11.3 Å². The number of piperidine rings is 1. The van der Waals surface area contributed by atoms with E-state index in [1.54, 1.807) is 18.2 Å². The van der Waals surface area contributed by atoms with Crippen molar-refractivity contribution < 1.29 is 18.7 Å². The van der Waals surface area contributed by atoms with Crippen LogP contribution in [0.25, 0.3) is 22.4 Å². The first-order valence-electron chi connectivity index (χ1n) is 11.4. The molecule has 3 aromatic rings. The quantitative estimate of drug-likeness (QED) is 0.546. The SMILES string of the molecule is CN(CC1CCCN(C(=O)c2cc(-c3ccco3)nc3ccccc23)C1)C(=O)OC(C)(C)C. The number of carbonyl (C=O) groups excluding carboxylic acids is 2. The lowest BCUT2D eigenvalue weighted by atomic mass is 9.96. The van der Waals surface area contributed by atoms with Crippen LogP contribution in [0.2, 0.25) is 0 Å². The van der Waals surface area contributed by atoms with E-state index in [1.165, 1.54) is 0 Å². The van der Waals surface area contributed by atoms with Crippen molar-refractivity contribution in [1.82, 2.24) is 14.8 Å². The fourth-order valence-electron chi connectivity index (χ4n) is 4.27. The van der Waals surface area contributed by atoms with Crippen LogP contribution in [0.5, 0.6) is 0 Å². The van der Waals surface area contributed by atoms with E-state index in [0.717, 1.165) is 23.7 Å². The lowest BCUT2D eigenvalue weighted by molar-refractivity contribution is 0.0244. The number of pyridine rings is 1. The van der Waals surface area contributed by atoms with Gasteiger partial charge in [0.2, 0.25) is 0 Å². The molecular weight excluding hydrogens is 418 g/mol. The van der Waals surface area contributed by atoms with E-state index in [9.17, 15) is 9.59 Å². The minimum Gasteiger partial charge on any atom is -0.463 e. The summed E-state index contributed by atoms with van der Waals surface area (Å²) in [5.74, 6) is 0.800. The minimum absolute atomic E-state index is 0.0222. The lowest BCUT2D eigenvalue weighted by Crippen LogP contribution is -2.45. The van der Waals surface area contributed by atoms with Crippen LogP contribution in [0.1, 0.15) is 44.0 Å². The molecule has 0 spiro atoms. The van der Waals surface area contributed by atoms with E-state index in [2.05, 4.69) is 4.98 Å². The predicted molar refractivity (Wildman–Crippen MR) is 127 cm³/mol. The summed E-state index contributed by atoms with van der Waals surface area (Å²) in [6, 6.07) is 13.1. The number of para-hydroxylation sites is 1. The van der Waals surface area contributed by atoms with E-state index < -0.39 is 5.60 Å². The summed E-state index contributed by atoms with van der Waals surface area (Å²) in [4.78, 5) is 34.2. The third-order valence-corrected chi connectivity index (χ3v) is 5.76. The summed E-state index contributed by atoms with van der Waals surface area (Å²) in [7, 11) is 1.75. The van der Waals surface area contributed by atoms with Gasteiger partial charge in [0.15, 0.2) is 5.76 Å². The summed E-state index contributed by atoms with van der Waals surface area (Å²) >= 11 is 0. The van der Waals surface area contributed by atoms with Gasteiger partial charge in [-0.05, 0) is 63.8 Å². The zero-order chi connectivity index (χ0) is 23.6. The molecule has 1 atom stereocenters. The zero-order valence-corrected chi connectivity index (χ0v) is 19.7. The standard InChI is InChI=1S/C26H31N3O4/c1-26(2,3)33-25(31)28(4)16-18-9-7-13-29(17-18)24(30)20-15-22(23-12-8-14-32-23)27-21-11-6-5-10-19(20)21/h5-6,8,10-12,14-15,18H,7,9,13,16-17H2,1-4H3. The summed E-state index contributed by atoms with van der Waals surface area (Å²) in [6.07, 6.45) is 3.12. The molecule has 1 aliphatic heterocycles. The first-order chi connectivity index (χ1) is 15.7. The number of rotatable bonds is 4. The fourth-order valence-corrected chi connectivity index (χ4v) is 4.27. The highest BCUT2D eigenvalue weighted by atomic mass is 16.6. The molecule has 1 saturated heterocycles. The van der Waals surface area contributed by atoms with Crippen molar-refractivity contribution in [2.45, 2.75) is 39.2 Å². The van der Waals surface area contributed by atoms with E-state index in [0.29, 0.717) is 36.7 Å². The van der Waals surface area contributed by atoms with Crippen LogP contribution >= 0.6 is 0 Å². The summed E-state index contributed by atoms with van der Waals surface area (Å²) in [6.45, 7) is 7.41. The topological polar surface area (TPSA) is 75.9 Å². The molecule has 2 aromatic heterocycles. The second-order valence-electron chi connectivity index (χ2n) is 9.67. The third kappa shape index (κ3) is 5.35. The van der Waals surface area contributed by atoms with Crippen molar-refractivity contribution in [1.29, 1.82) is 0 Å². The van der Waals surface area contributed by atoms with Crippen LogP contribution in [0.3, 0.4) is 0 Å². The normalized spacial score (nSPS) is 16.6. The Morgan fingerprint density at radius 2 is 2.00 bits per heavy atom. The minimum atomic E-state index is -0.534. The number of benzene rings is 1. The number of amides is 2. The number of nitrogens with zero attached hydrogens (tertiary/aromatic N) is 3. The average Bonchev–Trinajstić information content (AvgIpc) is 3.32. The molecule has 33 heavy (non-hydrogen) atoms. The van der Waals surface area contributed by atoms with Gasteiger partial charge < -0.3 is 19.0 Å². The van der Waals surface area contributed by atoms with Crippen LogP contribution in [0.4, 0.5) is 4.79 Å². The maximum Gasteiger partial charge on any atom is 0.410 e. The molecule has 1 aromatic carbocycles. The molecule has 7 nitrogen and oxygen atoms in total. The molecule has 7 heteroatoms. The molecule has 0 N–H and O–H groups in total. The second kappa shape index (κ2) is 9.25. The summed E-state index contributed by atoms with van der Waals surface area (Å²) in [5, 5.41) is 0.825. The van der Waals surface area contributed by atoms with Crippen LogP contribution in [0, 0.1) is 5.92 Å². The van der Waals surface area contributed by atoms with Gasteiger partial charge >= 0.3 is 6.09 Å². The summed E-state index contributed by atoms with van der Waals surface area (Å²) in [5.41, 5.74) is 1.48. The van der Waals surface area contributed by atoms with Crippen LogP contribution in [-0.2, 0) is 4.74 Å². The van der Waals surface area contributed by atoms with Gasteiger partial charge in [0.05, 0.1) is 17.3 Å². The van der Waals surface area contributed by atoms with Gasteiger partial charge in [-0.3, -0.25) is 4.79 Å². The smallest absolute Gasteiger partial charge is 0.410 e. The molecule has 3 heterocycles. The fraction of sp³-hybridized carbons (Fsp3) is 0.423. The zero-order valence-electron chi connectivity index (χ0n) is 19.7. The molecule has 174 valence electrons. The van der Waals surface area contributed by atoms with Crippen molar-refractivity contribution in [3.8, 4) is 11.5 Å². The molecule has 0 radical (unpaired) electrons. The number of fused-ring (bicyclic) bond motifs is 1. The molecule has 0 saturated carbocycles. The van der Waals surface area contributed by atoms with Crippen LogP contribution in [0.15, 0.2) is 53.1 Å². The average molecular weight is 450 g/mol. The van der Waals surface area contributed by atoms with E-state index in [1.807, 2.05) is 68.1 Å². The molecule has 4 rings (SSSR count). The third-order valence-electron chi connectivity index (χ3n) is 5.76. The van der Waals surface area contributed by atoms with Gasteiger partial charge in [-0.1, -0.05) is 18.2 Å². The Hall–Kier alpha value is -3.35. The Morgan fingerprint density at radius 3 is 2.73 bits per heavy atom. The van der Waals surface area contributed by atoms with E-state index in [-0.39, 0.29) is 17.9 Å². The van der Waals surface area contributed by atoms with Gasteiger partial charge in [-0.2, -0.15) is 0 Å². The van der Waals surface area contributed by atoms with Crippen LogP contribution < -0.4 is 0 Å². The predicted octanol–water partition coefficient (Wildman–Crippen LogP) is 5.21. The van der Waals surface area contributed by atoms with Crippen molar-refractivity contribution in [3.63, 3.8) is 0 Å². The Morgan fingerprint density at radius 1 is 1.21 bits per heavy atom. The molecule has 1 unspecified atom stereocenters. The molecule has 1 fully saturated rings. The van der Waals surface area contributed by atoms with Crippen molar-refractivity contribution in [2.75, 3.05) is 26.7 Å². The number of furan rings is 1. The Bertz CT molecular complexity index is 1130. The monoisotopic (exact) mass is 449 g/mol. The highest BCUT2D eigenvalue weighted by molar-refractivity contribution is 6.07. The number of carbonyl (C=O) groups is 2. The molecule has 1 aliphatic rings. The largest absolute Gasteiger partial charge is 0.463 e. The van der Waals surface area contributed by atoms with E-state index in [4.69, 9.17) is 9.15 Å². The Balaban J connectivity index is 1.54. The van der Waals surface area contributed by atoms with Crippen molar-refractivity contribution in [3.05, 3.63) is 54.3 Å². The number of hydrogen-bond acceptors (Lipinski definition) is 5. The second-order valence-corrected chi connectivity index (χ2v) is 9.67. The van der Waals surface area contributed by atoms with Gasteiger partial charge in [0.25, 0.3) is 5.91 Å². The Kier molecular flexibility index (Phi) is 6.40.